The lowest BCUT2D eigenvalue weighted by molar-refractivity contribution is -0.135. The highest BCUT2D eigenvalue weighted by Gasteiger charge is 2.32. The third-order valence-electron chi connectivity index (χ3n) is 5.72. The number of carbonyl (C=O) groups excluding carboxylic acids is 3. The first-order chi connectivity index (χ1) is 17.1. The van der Waals surface area contributed by atoms with Gasteiger partial charge in [-0.25, -0.2) is 14.6 Å². The molecule has 0 amide bonds. The van der Waals surface area contributed by atoms with Crippen molar-refractivity contribution >= 4 is 17.7 Å². The number of aliphatic hydroxyl groups is 1. The second kappa shape index (κ2) is 11.3. The fourth-order valence-electron chi connectivity index (χ4n) is 4.02. The molecule has 0 fully saturated rings. The maximum absolute atomic E-state index is 12.9. The van der Waals surface area contributed by atoms with Crippen LogP contribution in [-0.2, 0) is 32.8 Å². The van der Waals surface area contributed by atoms with Crippen LogP contribution in [0.25, 0.3) is 11.1 Å². The predicted octanol–water partition coefficient (Wildman–Crippen LogP) is 4.31. The van der Waals surface area contributed by atoms with Gasteiger partial charge in [-0.05, 0) is 43.9 Å². The zero-order chi connectivity index (χ0) is 26.5. The van der Waals surface area contributed by atoms with Gasteiger partial charge in [0.1, 0.15) is 17.1 Å². The summed E-state index contributed by atoms with van der Waals surface area (Å²) in [6, 6.07) is 14.4. The Balaban J connectivity index is 2.02. The first-order valence-corrected chi connectivity index (χ1v) is 11.9. The fraction of sp³-hybridized carbons (Fsp3) is 0.357. The van der Waals surface area contributed by atoms with Gasteiger partial charge in [-0.3, -0.25) is 4.79 Å². The molecule has 2 aromatic carbocycles. The number of rotatable bonds is 10. The molecule has 190 valence electrons. The highest BCUT2D eigenvalue weighted by Crippen LogP contribution is 2.28. The van der Waals surface area contributed by atoms with Gasteiger partial charge in [0.15, 0.2) is 5.69 Å². The molecule has 3 rings (SSSR count). The summed E-state index contributed by atoms with van der Waals surface area (Å²) in [6.07, 6.45) is 1.44. The number of ether oxygens (including phenoxy) is 2. The van der Waals surface area contributed by atoms with Crippen molar-refractivity contribution in [1.82, 2.24) is 9.55 Å². The van der Waals surface area contributed by atoms with Crippen LogP contribution in [0.3, 0.4) is 0 Å². The van der Waals surface area contributed by atoms with Crippen molar-refractivity contribution in [2.45, 2.75) is 52.7 Å². The Labute approximate surface area is 210 Å². The molecule has 8 heteroatoms. The first-order valence-electron chi connectivity index (χ1n) is 11.9. The monoisotopic (exact) mass is 492 g/mol. The van der Waals surface area contributed by atoms with Gasteiger partial charge < -0.3 is 19.1 Å². The topological polar surface area (TPSA) is 108 Å². The number of esters is 2. The van der Waals surface area contributed by atoms with E-state index in [0.717, 1.165) is 17.5 Å². The summed E-state index contributed by atoms with van der Waals surface area (Å²) < 4.78 is 11.7. The molecule has 36 heavy (non-hydrogen) atoms. The number of aromatic nitrogens is 2. The van der Waals surface area contributed by atoms with Crippen molar-refractivity contribution in [2.75, 3.05) is 13.7 Å². The third-order valence-corrected chi connectivity index (χ3v) is 5.72. The average molecular weight is 493 g/mol. The molecule has 0 unspecified atom stereocenters. The molecule has 0 bridgehead atoms. The first kappa shape index (κ1) is 26.8. The van der Waals surface area contributed by atoms with Crippen LogP contribution >= 0.6 is 0 Å². The second-order valence-corrected chi connectivity index (χ2v) is 8.90. The van der Waals surface area contributed by atoms with E-state index >= 15 is 0 Å². The molecule has 1 N–H and O–H groups in total. The van der Waals surface area contributed by atoms with Gasteiger partial charge in [-0.2, -0.15) is 0 Å². The van der Waals surface area contributed by atoms with Crippen LogP contribution in [0, 0.1) is 0 Å². The van der Waals surface area contributed by atoms with E-state index < -0.39 is 23.3 Å². The standard InChI is InChI=1S/C28H32N2O6/c1-6-10-22-29-25(28(3,4)34)23(26(32)36-7-2)30(22)17-18-13-15-19(16-14-18)20-11-8-9-12-21(20)24(31)27(33)35-5/h8-9,11-16,34H,6-7,10,17H2,1-5H3. The maximum atomic E-state index is 12.9. The number of benzene rings is 2. The summed E-state index contributed by atoms with van der Waals surface area (Å²) in [5.74, 6) is -1.47. The van der Waals surface area contributed by atoms with Gasteiger partial charge >= 0.3 is 11.9 Å². The summed E-state index contributed by atoms with van der Waals surface area (Å²) in [4.78, 5) is 41.8. The molecule has 0 aliphatic heterocycles. The maximum Gasteiger partial charge on any atom is 0.379 e. The van der Waals surface area contributed by atoms with Gasteiger partial charge in [0.25, 0.3) is 5.78 Å². The quantitative estimate of drug-likeness (QED) is 0.255. The molecule has 1 heterocycles. The number of carbonyl (C=O) groups is 3. The molecule has 0 spiro atoms. The molecule has 0 saturated heterocycles. The molecular formula is C28H32N2O6. The Hall–Kier alpha value is -3.78. The zero-order valence-electron chi connectivity index (χ0n) is 21.3. The smallest absolute Gasteiger partial charge is 0.379 e. The van der Waals surface area contributed by atoms with Crippen molar-refractivity contribution in [3.8, 4) is 11.1 Å². The lowest BCUT2D eigenvalue weighted by Gasteiger charge is -2.17. The Morgan fingerprint density at radius 3 is 2.28 bits per heavy atom. The van der Waals surface area contributed by atoms with Gasteiger partial charge in [0.05, 0.1) is 13.7 Å². The van der Waals surface area contributed by atoms with Crippen molar-refractivity contribution in [2.24, 2.45) is 0 Å². The molecule has 0 aliphatic rings. The SMILES string of the molecule is CCCc1nc(C(C)(C)O)c(C(=O)OCC)n1Cc1ccc(-c2ccccc2C(=O)C(=O)OC)cc1. The van der Waals surface area contributed by atoms with E-state index in [0.29, 0.717) is 24.4 Å². The minimum atomic E-state index is -1.32. The van der Waals surface area contributed by atoms with E-state index in [1.807, 2.05) is 31.2 Å². The van der Waals surface area contributed by atoms with Crippen LogP contribution in [-0.4, -0.2) is 46.1 Å². The summed E-state index contributed by atoms with van der Waals surface area (Å²) in [6.45, 7) is 7.50. The van der Waals surface area contributed by atoms with Crippen LogP contribution < -0.4 is 0 Å². The lowest BCUT2D eigenvalue weighted by atomic mass is 9.96. The molecule has 0 aliphatic carbocycles. The summed E-state index contributed by atoms with van der Waals surface area (Å²) in [7, 11) is 1.18. The third kappa shape index (κ3) is 5.71. The van der Waals surface area contributed by atoms with Gasteiger partial charge in [-0.1, -0.05) is 55.5 Å². The molecule has 0 atom stereocenters. The number of Topliss-reactive ketones (excluding diaryl/α,β-unsaturated/α-hetero) is 1. The van der Waals surface area contributed by atoms with Crippen molar-refractivity contribution < 1.29 is 29.0 Å². The van der Waals surface area contributed by atoms with E-state index in [9.17, 15) is 19.5 Å². The molecule has 0 radical (unpaired) electrons. The molecule has 3 aromatic rings. The van der Waals surface area contributed by atoms with E-state index in [-0.39, 0.29) is 23.6 Å². The van der Waals surface area contributed by atoms with E-state index in [2.05, 4.69) is 9.72 Å². The lowest BCUT2D eigenvalue weighted by Crippen LogP contribution is -2.23. The second-order valence-electron chi connectivity index (χ2n) is 8.90. The number of methoxy groups -OCH3 is 1. The normalized spacial score (nSPS) is 11.3. The van der Waals surface area contributed by atoms with Crippen LogP contribution in [0.1, 0.15) is 72.0 Å². The van der Waals surface area contributed by atoms with E-state index in [1.165, 1.54) is 7.11 Å². The fourth-order valence-corrected chi connectivity index (χ4v) is 4.02. The van der Waals surface area contributed by atoms with Gasteiger partial charge in [0.2, 0.25) is 0 Å². The number of ketones is 1. The van der Waals surface area contributed by atoms with Crippen molar-refractivity contribution in [3.05, 3.63) is 76.9 Å². The number of aryl methyl sites for hydroxylation is 1. The Morgan fingerprint density at radius 2 is 1.69 bits per heavy atom. The van der Waals surface area contributed by atoms with Crippen LogP contribution in [0.15, 0.2) is 48.5 Å². The zero-order valence-corrected chi connectivity index (χ0v) is 21.3. The summed E-state index contributed by atoms with van der Waals surface area (Å²) in [5, 5.41) is 10.7. The summed E-state index contributed by atoms with van der Waals surface area (Å²) in [5.41, 5.74) is 1.73. The average Bonchev–Trinajstić information content (AvgIpc) is 3.22. The summed E-state index contributed by atoms with van der Waals surface area (Å²) >= 11 is 0. The highest BCUT2D eigenvalue weighted by atomic mass is 16.5. The van der Waals surface area contributed by atoms with E-state index in [4.69, 9.17) is 4.74 Å². The highest BCUT2D eigenvalue weighted by molar-refractivity contribution is 6.41. The van der Waals surface area contributed by atoms with Crippen molar-refractivity contribution in [3.63, 3.8) is 0 Å². The van der Waals surface area contributed by atoms with Crippen LogP contribution in [0.2, 0.25) is 0 Å². The molecular weight excluding hydrogens is 460 g/mol. The Bertz CT molecular complexity index is 1250. The number of hydrogen-bond acceptors (Lipinski definition) is 7. The Kier molecular flexibility index (Phi) is 8.42. The van der Waals surface area contributed by atoms with Crippen LogP contribution in [0.4, 0.5) is 0 Å². The number of nitrogens with zero attached hydrogens (tertiary/aromatic N) is 2. The predicted molar refractivity (Wildman–Crippen MR) is 135 cm³/mol. The Morgan fingerprint density at radius 1 is 1.03 bits per heavy atom. The number of hydrogen-bond donors (Lipinski definition) is 1. The van der Waals surface area contributed by atoms with E-state index in [1.54, 1.807) is 49.6 Å². The largest absolute Gasteiger partial charge is 0.463 e. The van der Waals surface area contributed by atoms with Crippen molar-refractivity contribution in [1.29, 1.82) is 0 Å². The van der Waals surface area contributed by atoms with Gasteiger partial charge in [0, 0.05) is 18.5 Å². The minimum Gasteiger partial charge on any atom is -0.463 e. The minimum absolute atomic E-state index is 0.205. The molecule has 1 aromatic heterocycles. The molecule has 0 saturated carbocycles. The molecule has 8 nitrogen and oxygen atoms in total. The van der Waals surface area contributed by atoms with Crippen LogP contribution in [0.5, 0.6) is 0 Å². The van der Waals surface area contributed by atoms with Gasteiger partial charge in [-0.15, -0.1) is 0 Å². The number of imidazole rings is 1.